The second kappa shape index (κ2) is 8.89. The molecule has 0 radical (unpaired) electrons. The van der Waals surface area contributed by atoms with Crippen molar-refractivity contribution in [1.82, 2.24) is 4.90 Å². The van der Waals surface area contributed by atoms with Crippen molar-refractivity contribution in [3.05, 3.63) is 34.7 Å². The molecule has 1 aromatic carbocycles. The molecule has 1 aliphatic rings. The SMILES string of the molecule is CC[C@H](C)Oc1ccccc1/C=C1/SC(=O)N(CC(=O)OC(C)C)C1=O. The maximum atomic E-state index is 12.5. The summed E-state index contributed by atoms with van der Waals surface area (Å²) < 4.78 is 10.9. The Balaban J connectivity index is 2.19. The fraction of sp³-hybridized carbons (Fsp3) is 0.421. The summed E-state index contributed by atoms with van der Waals surface area (Å²) in [6.07, 6.45) is 2.20. The van der Waals surface area contributed by atoms with E-state index >= 15 is 0 Å². The van der Waals surface area contributed by atoms with Crippen LogP contribution in [0.5, 0.6) is 5.75 Å². The summed E-state index contributed by atoms with van der Waals surface area (Å²) >= 11 is 0.806. The first-order chi connectivity index (χ1) is 12.3. The molecule has 2 amide bonds. The lowest BCUT2D eigenvalue weighted by Gasteiger charge is -2.15. The van der Waals surface area contributed by atoms with E-state index in [0.29, 0.717) is 11.3 Å². The zero-order chi connectivity index (χ0) is 19.3. The Labute approximate surface area is 157 Å². The van der Waals surface area contributed by atoms with Crippen LogP contribution in [0.2, 0.25) is 0 Å². The Morgan fingerprint density at radius 3 is 2.58 bits per heavy atom. The molecule has 0 aliphatic carbocycles. The van der Waals surface area contributed by atoms with Crippen LogP contribution in [0.4, 0.5) is 4.79 Å². The van der Waals surface area contributed by atoms with Crippen LogP contribution in [0.1, 0.15) is 39.7 Å². The minimum atomic E-state index is -0.607. The van der Waals surface area contributed by atoms with E-state index in [0.717, 1.165) is 23.1 Å². The van der Waals surface area contributed by atoms with Gasteiger partial charge in [0.2, 0.25) is 0 Å². The molecule has 0 saturated carbocycles. The molecule has 0 unspecified atom stereocenters. The van der Waals surface area contributed by atoms with Gasteiger partial charge in [-0.05, 0) is 51.1 Å². The van der Waals surface area contributed by atoms with Crippen LogP contribution in [0, 0.1) is 0 Å². The van der Waals surface area contributed by atoms with Crippen molar-refractivity contribution in [3.8, 4) is 5.75 Å². The van der Waals surface area contributed by atoms with Gasteiger partial charge in [-0.2, -0.15) is 0 Å². The van der Waals surface area contributed by atoms with Crippen molar-refractivity contribution in [2.24, 2.45) is 0 Å². The molecular weight excluding hydrogens is 354 g/mol. The Morgan fingerprint density at radius 2 is 1.92 bits per heavy atom. The van der Waals surface area contributed by atoms with Gasteiger partial charge in [0.1, 0.15) is 12.3 Å². The van der Waals surface area contributed by atoms with Crippen molar-refractivity contribution < 1.29 is 23.9 Å². The monoisotopic (exact) mass is 377 g/mol. The van der Waals surface area contributed by atoms with E-state index in [4.69, 9.17) is 9.47 Å². The van der Waals surface area contributed by atoms with Crippen LogP contribution >= 0.6 is 11.8 Å². The van der Waals surface area contributed by atoms with Crippen LogP contribution in [-0.2, 0) is 14.3 Å². The molecule has 0 spiro atoms. The number of thioether (sulfide) groups is 1. The standard InChI is InChI=1S/C19H23NO5S/c1-5-13(4)25-15-9-7-6-8-14(15)10-16-18(22)20(19(23)26-16)11-17(21)24-12(2)3/h6-10,12-13H,5,11H2,1-4H3/b16-10+/t13-/m0/s1. The van der Waals surface area contributed by atoms with Crippen LogP contribution in [-0.4, -0.2) is 40.8 Å². The maximum absolute atomic E-state index is 12.5. The van der Waals surface area contributed by atoms with Gasteiger partial charge >= 0.3 is 5.97 Å². The number of carbonyl (C=O) groups excluding carboxylic acids is 3. The first kappa shape index (κ1) is 20.0. The lowest BCUT2D eigenvalue weighted by molar-refractivity contribution is -0.149. The molecule has 1 aliphatic heterocycles. The van der Waals surface area contributed by atoms with Crippen molar-refractivity contribution >= 4 is 35.0 Å². The third-order valence-electron chi connectivity index (χ3n) is 3.64. The molecule has 26 heavy (non-hydrogen) atoms. The number of nitrogens with zero attached hydrogens (tertiary/aromatic N) is 1. The molecule has 1 saturated heterocycles. The first-order valence-corrected chi connectivity index (χ1v) is 9.34. The largest absolute Gasteiger partial charge is 0.490 e. The molecule has 1 aromatic rings. The first-order valence-electron chi connectivity index (χ1n) is 8.52. The zero-order valence-electron chi connectivity index (χ0n) is 15.4. The predicted octanol–water partition coefficient (Wildman–Crippen LogP) is 3.85. The van der Waals surface area contributed by atoms with E-state index in [9.17, 15) is 14.4 Å². The van der Waals surface area contributed by atoms with Crippen molar-refractivity contribution in [1.29, 1.82) is 0 Å². The summed E-state index contributed by atoms with van der Waals surface area (Å²) in [5, 5.41) is -0.484. The van der Waals surface area contributed by atoms with E-state index in [-0.39, 0.29) is 23.7 Å². The number of imide groups is 1. The van der Waals surface area contributed by atoms with Crippen molar-refractivity contribution in [2.75, 3.05) is 6.54 Å². The number of esters is 1. The van der Waals surface area contributed by atoms with Gasteiger partial charge in [0.05, 0.1) is 17.1 Å². The summed E-state index contributed by atoms with van der Waals surface area (Å²) in [5.41, 5.74) is 0.711. The summed E-state index contributed by atoms with van der Waals surface area (Å²) in [7, 11) is 0. The van der Waals surface area contributed by atoms with E-state index in [2.05, 4.69) is 0 Å². The summed E-state index contributed by atoms with van der Waals surface area (Å²) in [4.78, 5) is 37.5. The average Bonchev–Trinajstić information content (AvgIpc) is 2.83. The molecule has 7 heteroatoms. The number of carbonyl (C=O) groups is 3. The topological polar surface area (TPSA) is 72.9 Å². The van der Waals surface area contributed by atoms with Gasteiger partial charge in [-0.25, -0.2) is 0 Å². The molecule has 0 bridgehead atoms. The highest BCUT2D eigenvalue weighted by molar-refractivity contribution is 8.18. The van der Waals surface area contributed by atoms with Gasteiger partial charge < -0.3 is 9.47 Å². The van der Waals surface area contributed by atoms with Gasteiger partial charge in [0, 0.05) is 5.56 Å². The molecule has 6 nitrogen and oxygen atoms in total. The lowest BCUT2D eigenvalue weighted by Crippen LogP contribution is -2.35. The molecule has 1 fully saturated rings. The summed E-state index contributed by atoms with van der Waals surface area (Å²) in [5.74, 6) is -0.462. The third kappa shape index (κ3) is 5.11. The highest BCUT2D eigenvalue weighted by atomic mass is 32.2. The van der Waals surface area contributed by atoms with Crippen molar-refractivity contribution in [2.45, 2.75) is 46.3 Å². The molecule has 140 valence electrons. The Morgan fingerprint density at radius 1 is 1.23 bits per heavy atom. The van der Waals surface area contributed by atoms with E-state index in [1.807, 2.05) is 38.1 Å². The number of ether oxygens (including phenoxy) is 2. The van der Waals surface area contributed by atoms with Gasteiger partial charge in [0.25, 0.3) is 11.1 Å². The number of hydrogen-bond donors (Lipinski definition) is 0. The Kier molecular flexibility index (Phi) is 6.85. The molecule has 0 N–H and O–H groups in total. The smallest absolute Gasteiger partial charge is 0.326 e. The van der Waals surface area contributed by atoms with Gasteiger partial charge in [-0.15, -0.1) is 0 Å². The number of hydrogen-bond acceptors (Lipinski definition) is 6. The Hall–Kier alpha value is -2.28. The van der Waals surface area contributed by atoms with E-state index in [1.54, 1.807) is 19.9 Å². The molecule has 2 rings (SSSR count). The second-order valence-electron chi connectivity index (χ2n) is 6.18. The van der Waals surface area contributed by atoms with Crippen molar-refractivity contribution in [3.63, 3.8) is 0 Å². The number of benzene rings is 1. The second-order valence-corrected chi connectivity index (χ2v) is 7.17. The summed E-state index contributed by atoms with van der Waals surface area (Å²) in [6.45, 7) is 7.02. The zero-order valence-corrected chi connectivity index (χ0v) is 16.2. The van der Waals surface area contributed by atoms with Gasteiger partial charge in [-0.1, -0.05) is 25.1 Å². The van der Waals surface area contributed by atoms with Gasteiger partial charge in [0.15, 0.2) is 0 Å². The number of amides is 2. The van der Waals surface area contributed by atoms with E-state index < -0.39 is 17.1 Å². The summed E-state index contributed by atoms with van der Waals surface area (Å²) in [6, 6.07) is 7.32. The van der Waals surface area contributed by atoms with Crippen LogP contribution in [0.15, 0.2) is 29.2 Å². The lowest BCUT2D eigenvalue weighted by atomic mass is 10.1. The Bertz CT molecular complexity index is 728. The van der Waals surface area contributed by atoms with Crippen LogP contribution in [0.25, 0.3) is 6.08 Å². The average molecular weight is 377 g/mol. The van der Waals surface area contributed by atoms with Crippen LogP contribution < -0.4 is 4.74 Å². The third-order valence-corrected chi connectivity index (χ3v) is 4.54. The quantitative estimate of drug-likeness (QED) is 0.531. The number of para-hydroxylation sites is 1. The van der Waals surface area contributed by atoms with Crippen LogP contribution in [0.3, 0.4) is 0 Å². The molecule has 1 heterocycles. The highest BCUT2D eigenvalue weighted by Gasteiger charge is 2.37. The minimum absolute atomic E-state index is 0.0328. The number of rotatable bonds is 7. The maximum Gasteiger partial charge on any atom is 0.326 e. The van der Waals surface area contributed by atoms with E-state index in [1.165, 1.54) is 0 Å². The normalized spacial score (nSPS) is 17.1. The fourth-order valence-corrected chi connectivity index (χ4v) is 3.04. The molecule has 0 aromatic heterocycles. The molecular formula is C19H23NO5S. The molecule has 1 atom stereocenters. The predicted molar refractivity (Wildman–Crippen MR) is 101 cm³/mol. The minimum Gasteiger partial charge on any atom is -0.490 e. The highest BCUT2D eigenvalue weighted by Crippen LogP contribution is 2.34. The fourth-order valence-electron chi connectivity index (χ4n) is 2.21. The van der Waals surface area contributed by atoms with Gasteiger partial charge in [-0.3, -0.25) is 19.3 Å².